The number of carbonyl (C=O) groups is 1. The highest BCUT2D eigenvalue weighted by atomic mass is 35.5. The van der Waals surface area contributed by atoms with E-state index in [1.807, 2.05) is 13.8 Å². The molecule has 20 heavy (non-hydrogen) atoms. The van der Waals surface area contributed by atoms with E-state index < -0.39 is 0 Å². The summed E-state index contributed by atoms with van der Waals surface area (Å²) in [5, 5.41) is 3.74. The zero-order chi connectivity index (χ0) is 15.1. The summed E-state index contributed by atoms with van der Waals surface area (Å²) in [4.78, 5) is 12.3. The second-order valence-corrected chi connectivity index (χ2v) is 7.25. The van der Waals surface area contributed by atoms with Crippen LogP contribution in [0.3, 0.4) is 0 Å². The smallest absolute Gasteiger partial charge is 0.228 e. The second kappa shape index (κ2) is 5.76. The van der Waals surface area contributed by atoms with Crippen LogP contribution in [0.1, 0.15) is 13.8 Å². The summed E-state index contributed by atoms with van der Waals surface area (Å²) < 4.78 is 0.183. The summed E-state index contributed by atoms with van der Waals surface area (Å²) >= 11 is 23.2. The van der Waals surface area contributed by atoms with Gasteiger partial charge in [0.1, 0.15) is 4.49 Å². The van der Waals surface area contributed by atoms with Gasteiger partial charge in [0.15, 0.2) is 0 Å². The predicted octanol–water partition coefficient (Wildman–Crippen LogP) is 5.52. The molecule has 2 atom stereocenters. The molecule has 0 heterocycles. The van der Waals surface area contributed by atoms with E-state index in [-0.39, 0.29) is 27.6 Å². The average molecular weight is 353 g/mol. The largest absolute Gasteiger partial charge is 0.324 e. The molecule has 0 saturated heterocycles. The van der Waals surface area contributed by atoms with Crippen LogP contribution >= 0.6 is 46.4 Å². The number of allylic oxidation sites excluding steroid dienone is 1. The fourth-order valence-corrected chi connectivity index (χ4v) is 3.15. The number of anilines is 1. The molecule has 0 bridgehead atoms. The Morgan fingerprint density at radius 3 is 2.50 bits per heavy atom. The molecule has 1 N–H and O–H groups in total. The van der Waals surface area contributed by atoms with Crippen molar-refractivity contribution in [2.75, 3.05) is 5.32 Å². The average Bonchev–Trinajstić information content (AvgIpc) is 2.83. The van der Waals surface area contributed by atoms with Crippen molar-refractivity contribution in [3.63, 3.8) is 0 Å². The molecule has 1 aromatic carbocycles. The van der Waals surface area contributed by atoms with Crippen molar-refractivity contribution >= 4 is 58.0 Å². The van der Waals surface area contributed by atoms with Crippen LogP contribution in [-0.4, -0.2) is 5.91 Å². The first-order chi connectivity index (χ1) is 9.23. The summed E-state index contributed by atoms with van der Waals surface area (Å²) in [6.07, 6.45) is 1.71. The first kappa shape index (κ1) is 16.0. The Labute approximate surface area is 138 Å². The Hall–Kier alpha value is -0.410. The maximum Gasteiger partial charge on any atom is 0.228 e. The first-order valence-corrected chi connectivity index (χ1v) is 7.53. The van der Waals surface area contributed by atoms with E-state index in [0.717, 1.165) is 0 Å². The van der Waals surface area contributed by atoms with Gasteiger partial charge in [-0.1, -0.05) is 60.3 Å². The van der Waals surface area contributed by atoms with Gasteiger partial charge in [0.2, 0.25) is 5.91 Å². The summed E-state index contributed by atoms with van der Waals surface area (Å²) in [6, 6.07) is 4.94. The van der Waals surface area contributed by atoms with Crippen LogP contribution in [0.4, 0.5) is 5.69 Å². The fraction of sp³-hybridized carbons (Fsp3) is 0.357. The van der Waals surface area contributed by atoms with Gasteiger partial charge in [-0.05, 0) is 35.6 Å². The van der Waals surface area contributed by atoms with Crippen molar-refractivity contribution in [1.82, 2.24) is 0 Å². The van der Waals surface area contributed by atoms with Crippen LogP contribution < -0.4 is 5.32 Å². The van der Waals surface area contributed by atoms with E-state index in [2.05, 4.69) is 5.32 Å². The lowest BCUT2D eigenvalue weighted by atomic mass is 10.1. The van der Waals surface area contributed by atoms with Crippen molar-refractivity contribution in [2.24, 2.45) is 17.3 Å². The molecule has 0 aliphatic heterocycles. The third-order valence-corrected chi connectivity index (χ3v) is 4.49. The van der Waals surface area contributed by atoms with Gasteiger partial charge in [0.05, 0.1) is 16.6 Å². The van der Waals surface area contributed by atoms with E-state index in [1.165, 1.54) is 0 Å². The van der Waals surface area contributed by atoms with Crippen molar-refractivity contribution < 1.29 is 4.79 Å². The number of rotatable bonds is 3. The van der Waals surface area contributed by atoms with E-state index in [9.17, 15) is 4.79 Å². The van der Waals surface area contributed by atoms with Gasteiger partial charge in [0, 0.05) is 5.02 Å². The molecule has 1 amide bonds. The second-order valence-electron chi connectivity index (χ2n) is 5.39. The predicted molar refractivity (Wildman–Crippen MR) is 85.6 cm³/mol. The minimum atomic E-state index is -0.179. The van der Waals surface area contributed by atoms with Gasteiger partial charge in [-0.25, -0.2) is 0 Å². The Balaban J connectivity index is 2.12. The third-order valence-electron chi connectivity index (χ3n) is 3.69. The molecule has 1 aliphatic carbocycles. The fourth-order valence-electron chi connectivity index (χ4n) is 2.43. The summed E-state index contributed by atoms with van der Waals surface area (Å²) in [7, 11) is 0. The molecule has 0 radical (unpaired) electrons. The van der Waals surface area contributed by atoms with Crippen molar-refractivity contribution in [3.8, 4) is 0 Å². The molecule has 0 spiro atoms. The maximum absolute atomic E-state index is 12.3. The zero-order valence-electron chi connectivity index (χ0n) is 10.9. The van der Waals surface area contributed by atoms with Crippen LogP contribution in [0.2, 0.25) is 10.0 Å². The van der Waals surface area contributed by atoms with Crippen LogP contribution in [-0.2, 0) is 4.79 Å². The van der Waals surface area contributed by atoms with Gasteiger partial charge in [-0.15, -0.1) is 0 Å². The van der Waals surface area contributed by atoms with E-state index in [4.69, 9.17) is 46.4 Å². The van der Waals surface area contributed by atoms with Gasteiger partial charge in [0.25, 0.3) is 0 Å². The van der Waals surface area contributed by atoms with Crippen LogP contribution in [0.25, 0.3) is 0 Å². The Kier molecular flexibility index (Phi) is 4.60. The van der Waals surface area contributed by atoms with Crippen LogP contribution in [0.5, 0.6) is 0 Å². The quantitative estimate of drug-likeness (QED) is 0.761. The van der Waals surface area contributed by atoms with E-state index in [1.54, 1.807) is 24.3 Å². The SMILES string of the molecule is CC1(C)[C@@H](C=C(Cl)Cl)[C@@H]1C(=O)Nc1ccc(Cl)cc1Cl. The number of benzene rings is 1. The van der Waals surface area contributed by atoms with Gasteiger partial charge in [-0.2, -0.15) is 0 Å². The van der Waals surface area contributed by atoms with Crippen molar-refractivity contribution in [3.05, 3.63) is 38.8 Å². The molecule has 2 nitrogen and oxygen atoms in total. The lowest BCUT2D eigenvalue weighted by molar-refractivity contribution is -0.118. The molecular weight excluding hydrogens is 340 g/mol. The summed E-state index contributed by atoms with van der Waals surface area (Å²) in [5.74, 6) is -0.254. The first-order valence-electron chi connectivity index (χ1n) is 6.02. The molecule has 6 heteroatoms. The highest BCUT2D eigenvalue weighted by Gasteiger charge is 2.60. The summed E-state index contributed by atoms with van der Waals surface area (Å²) in [6.45, 7) is 4.00. The molecule has 0 unspecified atom stereocenters. The minimum absolute atomic E-state index is 0.0265. The number of hydrogen-bond donors (Lipinski definition) is 1. The number of hydrogen-bond acceptors (Lipinski definition) is 1. The van der Waals surface area contributed by atoms with Gasteiger partial charge >= 0.3 is 0 Å². The summed E-state index contributed by atoms with van der Waals surface area (Å²) in [5.41, 5.74) is 0.376. The zero-order valence-corrected chi connectivity index (χ0v) is 13.9. The molecule has 0 aromatic heterocycles. The van der Waals surface area contributed by atoms with E-state index in [0.29, 0.717) is 15.7 Å². The van der Waals surface area contributed by atoms with Crippen LogP contribution in [0, 0.1) is 17.3 Å². The van der Waals surface area contributed by atoms with Crippen LogP contribution in [0.15, 0.2) is 28.8 Å². The number of amides is 1. The highest BCUT2D eigenvalue weighted by molar-refractivity contribution is 6.55. The molecule has 1 fully saturated rings. The van der Waals surface area contributed by atoms with Crippen molar-refractivity contribution in [1.29, 1.82) is 0 Å². The molecule has 1 saturated carbocycles. The lowest BCUT2D eigenvalue weighted by Gasteiger charge is -2.08. The Morgan fingerprint density at radius 2 is 1.95 bits per heavy atom. The number of halogens is 4. The Morgan fingerprint density at radius 1 is 1.30 bits per heavy atom. The normalized spacial score (nSPS) is 23.1. The monoisotopic (exact) mass is 351 g/mol. The topological polar surface area (TPSA) is 29.1 Å². The third kappa shape index (κ3) is 3.25. The van der Waals surface area contributed by atoms with E-state index >= 15 is 0 Å². The van der Waals surface area contributed by atoms with Gasteiger partial charge in [-0.3, -0.25) is 4.79 Å². The molecule has 1 aliphatic rings. The molecule has 2 rings (SSSR count). The lowest BCUT2D eigenvalue weighted by Crippen LogP contribution is -2.17. The highest BCUT2D eigenvalue weighted by Crippen LogP contribution is 2.60. The molecule has 108 valence electrons. The van der Waals surface area contributed by atoms with Crippen molar-refractivity contribution in [2.45, 2.75) is 13.8 Å². The Bertz CT molecular complexity index is 579. The minimum Gasteiger partial charge on any atom is -0.324 e. The molecule has 1 aromatic rings. The number of carbonyl (C=O) groups excluding carboxylic acids is 1. The standard InChI is InChI=1S/C14H13Cl4NO/c1-14(2)8(6-11(17)18)12(14)13(20)19-10-4-3-7(15)5-9(10)16/h3-6,8,12H,1-2H3,(H,19,20)/t8-,12+/m0/s1. The number of nitrogens with one attached hydrogen (secondary N) is 1. The maximum atomic E-state index is 12.3. The molecular formula is C14H13Cl4NO. The van der Waals surface area contributed by atoms with Gasteiger partial charge < -0.3 is 5.32 Å².